The van der Waals surface area contributed by atoms with E-state index in [1.807, 2.05) is 12.1 Å². The molecule has 1 aliphatic heterocycles. The van der Waals surface area contributed by atoms with Gasteiger partial charge in [0.2, 0.25) is 0 Å². The van der Waals surface area contributed by atoms with Crippen LogP contribution in [0.25, 0.3) is 0 Å². The third kappa shape index (κ3) is 7.66. The number of hydrogen-bond donors (Lipinski definition) is 2. The van der Waals surface area contributed by atoms with Gasteiger partial charge < -0.3 is 10.2 Å². The predicted molar refractivity (Wildman–Crippen MR) is 101 cm³/mol. The average molecular weight is 416 g/mol. The molecule has 1 aromatic rings. The quantitative estimate of drug-likeness (QED) is 0.782. The highest BCUT2D eigenvalue weighted by Gasteiger charge is 2.38. The molecule has 1 aromatic carbocycles. The van der Waals surface area contributed by atoms with Crippen LogP contribution in [0.1, 0.15) is 48.0 Å². The van der Waals surface area contributed by atoms with E-state index in [4.69, 9.17) is 15.0 Å². The van der Waals surface area contributed by atoms with E-state index in [0.717, 1.165) is 25.7 Å². The zero-order valence-corrected chi connectivity index (χ0v) is 16.2. The summed E-state index contributed by atoms with van der Waals surface area (Å²) in [4.78, 5) is 24.9. The predicted octanol–water partition coefficient (Wildman–Crippen LogP) is 3.47. The second-order valence-electron chi connectivity index (χ2n) is 7.41. The van der Waals surface area contributed by atoms with Gasteiger partial charge in [-0.3, -0.25) is 9.80 Å². The summed E-state index contributed by atoms with van der Waals surface area (Å²) >= 11 is 0. The number of rotatable bonds is 4. The summed E-state index contributed by atoms with van der Waals surface area (Å²) in [5.74, 6) is -3.61. The highest BCUT2D eigenvalue weighted by atomic mass is 19.4. The van der Waals surface area contributed by atoms with E-state index >= 15 is 0 Å². The van der Waals surface area contributed by atoms with E-state index < -0.39 is 18.1 Å². The maximum Gasteiger partial charge on any atom is 0.490 e. The minimum absolute atomic E-state index is 0.367. The summed E-state index contributed by atoms with van der Waals surface area (Å²) in [7, 11) is 0. The number of nitrogens with zero attached hydrogens (tertiary/aromatic N) is 2. The van der Waals surface area contributed by atoms with Gasteiger partial charge in [-0.05, 0) is 30.5 Å². The summed E-state index contributed by atoms with van der Waals surface area (Å²) in [6.07, 6.45) is 1.91. The van der Waals surface area contributed by atoms with Crippen molar-refractivity contribution in [3.8, 4) is 0 Å². The lowest BCUT2D eigenvalue weighted by Crippen LogP contribution is -2.50. The lowest BCUT2D eigenvalue weighted by molar-refractivity contribution is -0.192. The van der Waals surface area contributed by atoms with Crippen molar-refractivity contribution in [3.05, 3.63) is 35.4 Å². The van der Waals surface area contributed by atoms with Gasteiger partial charge in [0.25, 0.3) is 0 Å². The first-order valence-electron chi connectivity index (χ1n) is 9.75. The molecule has 0 aromatic heterocycles. The van der Waals surface area contributed by atoms with Crippen LogP contribution in [0, 0.1) is 0 Å². The van der Waals surface area contributed by atoms with Gasteiger partial charge in [0.05, 0.1) is 5.56 Å². The van der Waals surface area contributed by atoms with Crippen LogP contribution >= 0.6 is 0 Å². The topological polar surface area (TPSA) is 81.1 Å². The van der Waals surface area contributed by atoms with Crippen LogP contribution in [0.5, 0.6) is 0 Å². The maximum atomic E-state index is 10.9. The number of aliphatic carboxylic acids is 1. The Hall–Kier alpha value is -2.13. The molecule has 9 heteroatoms. The lowest BCUT2D eigenvalue weighted by atomic mass is 9.94. The first-order valence-corrected chi connectivity index (χ1v) is 9.75. The zero-order valence-electron chi connectivity index (χ0n) is 16.2. The molecule has 1 saturated carbocycles. The van der Waals surface area contributed by atoms with Crippen molar-refractivity contribution in [2.75, 3.05) is 26.2 Å². The smallest absolute Gasteiger partial charge is 0.478 e. The summed E-state index contributed by atoms with van der Waals surface area (Å²) in [5, 5.41) is 16.1. The summed E-state index contributed by atoms with van der Waals surface area (Å²) in [6, 6.07) is 8.12. The monoisotopic (exact) mass is 416 g/mol. The van der Waals surface area contributed by atoms with E-state index in [-0.39, 0.29) is 0 Å². The standard InChI is InChI=1S/C18H26N2O2.C2HF3O2/c21-18(22)16-8-6-15(7-9-16)14-19-10-12-20(13-11-19)17-4-2-1-3-5-17;3-2(4,5)1(6)7/h6-9,17H,1-5,10-14H2,(H,21,22);(H,6,7). The van der Waals surface area contributed by atoms with Gasteiger partial charge in [-0.15, -0.1) is 0 Å². The third-order valence-corrected chi connectivity index (χ3v) is 5.35. The van der Waals surface area contributed by atoms with Gasteiger partial charge in [0.15, 0.2) is 0 Å². The van der Waals surface area contributed by atoms with Crippen LogP contribution in [0.3, 0.4) is 0 Å². The normalized spacial score (nSPS) is 19.3. The second kappa shape index (κ2) is 10.6. The number of alkyl halides is 3. The molecule has 0 radical (unpaired) electrons. The van der Waals surface area contributed by atoms with Crippen molar-refractivity contribution in [2.45, 2.75) is 50.9 Å². The van der Waals surface area contributed by atoms with Gasteiger partial charge in [0, 0.05) is 38.8 Å². The highest BCUT2D eigenvalue weighted by Crippen LogP contribution is 2.23. The molecule has 2 fully saturated rings. The molecule has 2 N–H and O–H groups in total. The Morgan fingerprint density at radius 2 is 1.45 bits per heavy atom. The van der Waals surface area contributed by atoms with Crippen LogP contribution in [-0.4, -0.2) is 70.3 Å². The number of carboxylic acids is 2. The summed E-state index contributed by atoms with van der Waals surface area (Å²) in [6.45, 7) is 5.53. The first kappa shape index (κ1) is 23.2. The Balaban J connectivity index is 0.000000370. The number of carbonyl (C=O) groups is 2. The molecule has 29 heavy (non-hydrogen) atoms. The second-order valence-corrected chi connectivity index (χ2v) is 7.41. The molecular formula is C20H27F3N2O4. The van der Waals surface area contributed by atoms with Crippen LogP contribution in [0.4, 0.5) is 13.2 Å². The van der Waals surface area contributed by atoms with Crippen molar-refractivity contribution >= 4 is 11.9 Å². The minimum Gasteiger partial charge on any atom is -0.478 e. The highest BCUT2D eigenvalue weighted by molar-refractivity contribution is 5.87. The van der Waals surface area contributed by atoms with Gasteiger partial charge in [-0.2, -0.15) is 13.2 Å². The van der Waals surface area contributed by atoms with Crippen LogP contribution in [0.2, 0.25) is 0 Å². The maximum absolute atomic E-state index is 10.9. The number of carboxylic acid groups (broad SMARTS) is 2. The van der Waals surface area contributed by atoms with Crippen molar-refractivity contribution in [2.24, 2.45) is 0 Å². The van der Waals surface area contributed by atoms with Gasteiger partial charge in [-0.1, -0.05) is 31.4 Å². The van der Waals surface area contributed by atoms with Crippen LogP contribution in [-0.2, 0) is 11.3 Å². The average Bonchev–Trinajstić information content (AvgIpc) is 2.69. The van der Waals surface area contributed by atoms with Crippen molar-refractivity contribution in [3.63, 3.8) is 0 Å². The molecule has 0 bridgehead atoms. The SMILES string of the molecule is O=C(O)C(F)(F)F.O=C(O)c1ccc(CN2CCN(C3CCCCC3)CC2)cc1. The molecular weight excluding hydrogens is 389 g/mol. The molecule has 6 nitrogen and oxygen atoms in total. The van der Waals surface area contributed by atoms with Gasteiger partial charge in [-0.25, -0.2) is 9.59 Å². The van der Waals surface area contributed by atoms with E-state index in [1.165, 1.54) is 50.8 Å². The summed E-state index contributed by atoms with van der Waals surface area (Å²) < 4.78 is 31.7. The first-order chi connectivity index (χ1) is 13.7. The third-order valence-electron chi connectivity index (χ3n) is 5.35. The Kier molecular flexibility index (Phi) is 8.45. The fourth-order valence-corrected chi connectivity index (χ4v) is 3.74. The minimum atomic E-state index is -5.08. The molecule has 3 rings (SSSR count). The molecule has 0 spiro atoms. The molecule has 1 aliphatic carbocycles. The Morgan fingerprint density at radius 3 is 1.90 bits per heavy atom. The number of halogens is 3. The van der Waals surface area contributed by atoms with E-state index in [1.54, 1.807) is 12.1 Å². The van der Waals surface area contributed by atoms with E-state index in [2.05, 4.69) is 9.80 Å². The number of hydrogen-bond acceptors (Lipinski definition) is 4. The van der Waals surface area contributed by atoms with E-state index in [0.29, 0.717) is 5.56 Å². The fourth-order valence-electron chi connectivity index (χ4n) is 3.74. The molecule has 1 saturated heterocycles. The van der Waals surface area contributed by atoms with Crippen molar-refractivity contribution in [1.82, 2.24) is 9.80 Å². The molecule has 2 aliphatic rings. The number of aromatic carboxylic acids is 1. The molecule has 162 valence electrons. The van der Waals surface area contributed by atoms with Crippen LogP contribution in [0.15, 0.2) is 24.3 Å². The lowest BCUT2D eigenvalue weighted by Gasteiger charge is -2.40. The zero-order chi connectivity index (χ0) is 21.4. The number of benzene rings is 1. The largest absolute Gasteiger partial charge is 0.490 e. The van der Waals surface area contributed by atoms with Crippen molar-refractivity contribution < 1.29 is 33.0 Å². The van der Waals surface area contributed by atoms with Gasteiger partial charge >= 0.3 is 18.1 Å². The number of piperazine rings is 1. The Bertz CT molecular complexity index is 665. The molecule has 0 amide bonds. The summed E-state index contributed by atoms with van der Waals surface area (Å²) in [5.41, 5.74) is 1.57. The Morgan fingerprint density at radius 1 is 0.931 bits per heavy atom. The molecule has 0 unspecified atom stereocenters. The molecule has 0 atom stereocenters. The fraction of sp³-hybridized carbons (Fsp3) is 0.600. The van der Waals surface area contributed by atoms with Gasteiger partial charge in [0.1, 0.15) is 0 Å². The molecule has 1 heterocycles. The van der Waals surface area contributed by atoms with Crippen LogP contribution < -0.4 is 0 Å². The Labute approximate surface area is 167 Å². The van der Waals surface area contributed by atoms with Crippen molar-refractivity contribution in [1.29, 1.82) is 0 Å². The van der Waals surface area contributed by atoms with E-state index in [9.17, 15) is 18.0 Å².